The molecule has 1 aromatic heterocycles. The highest BCUT2D eigenvalue weighted by Crippen LogP contribution is 2.33. The molecule has 1 spiro atoms. The lowest BCUT2D eigenvalue weighted by molar-refractivity contribution is -0.144. The van der Waals surface area contributed by atoms with Crippen LogP contribution in [0.2, 0.25) is 0 Å². The Bertz CT molecular complexity index is 517. The minimum atomic E-state index is -0.605. The van der Waals surface area contributed by atoms with Gasteiger partial charge in [-0.1, -0.05) is 0 Å². The van der Waals surface area contributed by atoms with Crippen molar-refractivity contribution in [1.82, 2.24) is 14.7 Å². The summed E-state index contributed by atoms with van der Waals surface area (Å²) in [4.78, 5) is 26.1. The van der Waals surface area contributed by atoms with Crippen LogP contribution in [-0.4, -0.2) is 51.7 Å². The van der Waals surface area contributed by atoms with E-state index in [-0.39, 0.29) is 18.2 Å². The molecular weight excluding hydrogens is 246 g/mol. The van der Waals surface area contributed by atoms with Crippen molar-refractivity contribution in [2.45, 2.75) is 24.9 Å². The maximum Gasteiger partial charge on any atom is 0.257 e. The fourth-order valence-corrected chi connectivity index (χ4v) is 2.85. The molecule has 6 nitrogen and oxygen atoms in total. The number of likely N-dealkylation sites (tertiary alicyclic amines) is 1. The number of rotatable bonds is 1. The first kappa shape index (κ1) is 12.3. The summed E-state index contributed by atoms with van der Waals surface area (Å²) in [5.41, 5.74) is -0.0790. The Morgan fingerprint density at radius 3 is 2.89 bits per heavy atom. The molecule has 0 saturated carbocycles. The van der Waals surface area contributed by atoms with Crippen molar-refractivity contribution in [3.8, 4) is 0 Å². The number of ether oxygens (including phenoxy) is 1. The van der Waals surface area contributed by atoms with E-state index in [2.05, 4.69) is 5.10 Å². The van der Waals surface area contributed by atoms with Gasteiger partial charge in [0.15, 0.2) is 5.78 Å². The van der Waals surface area contributed by atoms with E-state index in [9.17, 15) is 9.59 Å². The van der Waals surface area contributed by atoms with Crippen LogP contribution < -0.4 is 0 Å². The summed E-state index contributed by atoms with van der Waals surface area (Å²) in [6.07, 6.45) is 5.54. The fraction of sp³-hybridized carbons (Fsp3) is 0.615. The Labute approximate surface area is 111 Å². The zero-order valence-electron chi connectivity index (χ0n) is 11.0. The highest BCUT2D eigenvalue weighted by atomic mass is 16.5. The zero-order chi connectivity index (χ0) is 13.5. The van der Waals surface area contributed by atoms with E-state index in [1.54, 1.807) is 22.8 Å². The Morgan fingerprint density at radius 1 is 1.47 bits per heavy atom. The number of hydrogen-bond donors (Lipinski definition) is 0. The van der Waals surface area contributed by atoms with Gasteiger partial charge < -0.3 is 9.64 Å². The first-order valence-corrected chi connectivity index (χ1v) is 6.56. The molecule has 1 amide bonds. The van der Waals surface area contributed by atoms with Crippen molar-refractivity contribution in [1.29, 1.82) is 0 Å². The highest BCUT2D eigenvalue weighted by molar-refractivity contribution is 5.99. The molecule has 0 radical (unpaired) electrons. The van der Waals surface area contributed by atoms with Gasteiger partial charge in [0.25, 0.3) is 5.91 Å². The highest BCUT2D eigenvalue weighted by Gasteiger charge is 2.46. The normalized spacial score (nSPS) is 27.2. The third-order valence-electron chi connectivity index (χ3n) is 3.97. The molecule has 19 heavy (non-hydrogen) atoms. The van der Waals surface area contributed by atoms with E-state index < -0.39 is 5.60 Å². The molecule has 2 saturated heterocycles. The molecule has 1 atom stereocenters. The average molecular weight is 263 g/mol. The van der Waals surface area contributed by atoms with Crippen LogP contribution in [-0.2, 0) is 16.6 Å². The third kappa shape index (κ3) is 2.06. The molecule has 0 aromatic carbocycles. The molecule has 102 valence electrons. The number of piperidine rings is 1. The fourth-order valence-electron chi connectivity index (χ4n) is 2.85. The summed E-state index contributed by atoms with van der Waals surface area (Å²) in [6, 6.07) is 0. The largest absolute Gasteiger partial charge is 0.367 e. The van der Waals surface area contributed by atoms with Crippen LogP contribution in [0, 0.1) is 0 Å². The van der Waals surface area contributed by atoms with E-state index in [0.29, 0.717) is 25.1 Å². The van der Waals surface area contributed by atoms with Gasteiger partial charge in [-0.2, -0.15) is 5.10 Å². The number of carbonyl (C=O) groups excluding carboxylic acids is 2. The van der Waals surface area contributed by atoms with Crippen LogP contribution in [0.25, 0.3) is 0 Å². The minimum Gasteiger partial charge on any atom is -0.367 e. The molecule has 6 heteroatoms. The number of amides is 1. The van der Waals surface area contributed by atoms with Crippen LogP contribution in [0.3, 0.4) is 0 Å². The molecule has 1 aromatic rings. The second kappa shape index (κ2) is 4.45. The van der Waals surface area contributed by atoms with E-state index >= 15 is 0 Å². The quantitative estimate of drug-likeness (QED) is 0.735. The summed E-state index contributed by atoms with van der Waals surface area (Å²) in [6.45, 7) is 1.37. The number of nitrogens with zero attached hydrogens (tertiary/aromatic N) is 3. The topological polar surface area (TPSA) is 64.4 Å². The lowest BCUT2D eigenvalue weighted by Gasteiger charge is -2.36. The number of carbonyl (C=O) groups is 2. The van der Waals surface area contributed by atoms with E-state index in [1.807, 2.05) is 0 Å². The number of Topliss-reactive ketones (excluding diaryl/α,β-unsaturated/α-hetero) is 1. The SMILES string of the molecule is Cn1cc(C(=O)N2CC[C@]3(CCCO3)C(=O)C2)cn1. The van der Waals surface area contributed by atoms with Gasteiger partial charge in [-0.15, -0.1) is 0 Å². The Balaban J connectivity index is 1.72. The average Bonchev–Trinajstić information content (AvgIpc) is 3.02. The molecule has 0 unspecified atom stereocenters. The van der Waals surface area contributed by atoms with Crippen LogP contribution in [0.4, 0.5) is 0 Å². The van der Waals surface area contributed by atoms with Gasteiger partial charge in [0.1, 0.15) is 5.60 Å². The number of hydrogen-bond acceptors (Lipinski definition) is 4. The summed E-state index contributed by atoms with van der Waals surface area (Å²) >= 11 is 0. The van der Waals surface area contributed by atoms with Crippen molar-refractivity contribution in [2.75, 3.05) is 19.7 Å². The van der Waals surface area contributed by atoms with Gasteiger partial charge in [-0.05, 0) is 12.8 Å². The number of aromatic nitrogens is 2. The van der Waals surface area contributed by atoms with Crippen molar-refractivity contribution < 1.29 is 14.3 Å². The van der Waals surface area contributed by atoms with Gasteiger partial charge in [-0.3, -0.25) is 14.3 Å². The van der Waals surface area contributed by atoms with Gasteiger partial charge in [0.05, 0.1) is 18.3 Å². The van der Waals surface area contributed by atoms with Crippen LogP contribution in [0.5, 0.6) is 0 Å². The van der Waals surface area contributed by atoms with Crippen LogP contribution in [0.15, 0.2) is 12.4 Å². The van der Waals surface area contributed by atoms with Crippen LogP contribution >= 0.6 is 0 Å². The lowest BCUT2D eigenvalue weighted by atomic mass is 9.87. The molecule has 2 fully saturated rings. The van der Waals surface area contributed by atoms with Gasteiger partial charge in [-0.25, -0.2) is 0 Å². The molecule has 3 heterocycles. The standard InChI is InChI=1S/C13H17N3O3/c1-15-8-10(7-14-15)12(18)16-5-4-13(11(17)9-16)3-2-6-19-13/h7-8H,2-6,9H2,1H3/t13-/m1/s1. The van der Waals surface area contributed by atoms with Crippen molar-refractivity contribution >= 4 is 11.7 Å². The predicted octanol–water partition coefficient (Wildman–Crippen LogP) is 0.384. The maximum absolute atomic E-state index is 12.2. The Hall–Kier alpha value is -1.69. The third-order valence-corrected chi connectivity index (χ3v) is 3.97. The first-order valence-electron chi connectivity index (χ1n) is 6.56. The van der Waals surface area contributed by atoms with Gasteiger partial charge in [0.2, 0.25) is 0 Å². The number of aryl methyl sites for hydroxylation is 1. The maximum atomic E-state index is 12.2. The Morgan fingerprint density at radius 2 is 2.32 bits per heavy atom. The van der Waals surface area contributed by atoms with E-state index in [4.69, 9.17) is 4.74 Å². The number of ketones is 1. The van der Waals surface area contributed by atoms with Gasteiger partial charge in [0, 0.05) is 32.8 Å². The first-order chi connectivity index (χ1) is 9.11. The van der Waals surface area contributed by atoms with Crippen molar-refractivity contribution in [3.63, 3.8) is 0 Å². The Kier molecular flexibility index (Phi) is 2.89. The van der Waals surface area contributed by atoms with Gasteiger partial charge >= 0.3 is 0 Å². The summed E-state index contributed by atoms with van der Waals surface area (Å²) in [5, 5.41) is 3.98. The predicted molar refractivity (Wildman–Crippen MR) is 66.7 cm³/mol. The monoisotopic (exact) mass is 263 g/mol. The van der Waals surface area contributed by atoms with Crippen LogP contribution in [0.1, 0.15) is 29.6 Å². The molecule has 2 aliphatic rings. The summed E-state index contributed by atoms with van der Waals surface area (Å²) in [7, 11) is 1.76. The summed E-state index contributed by atoms with van der Waals surface area (Å²) < 4.78 is 7.21. The molecule has 0 aliphatic carbocycles. The zero-order valence-corrected chi connectivity index (χ0v) is 11.0. The lowest BCUT2D eigenvalue weighted by Crippen LogP contribution is -2.53. The smallest absolute Gasteiger partial charge is 0.257 e. The molecular formula is C13H17N3O3. The second-order valence-electron chi connectivity index (χ2n) is 5.25. The molecule has 2 aliphatic heterocycles. The van der Waals surface area contributed by atoms with Crippen molar-refractivity contribution in [3.05, 3.63) is 18.0 Å². The molecule has 0 bridgehead atoms. The van der Waals surface area contributed by atoms with E-state index in [0.717, 1.165) is 12.8 Å². The van der Waals surface area contributed by atoms with E-state index in [1.165, 1.54) is 6.20 Å². The second-order valence-corrected chi connectivity index (χ2v) is 5.25. The minimum absolute atomic E-state index is 0.0356. The summed E-state index contributed by atoms with van der Waals surface area (Å²) in [5.74, 6) is -0.0946. The molecule has 0 N–H and O–H groups in total. The molecule has 3 rings (SSSR count). The van der Waals surface area contributed by atoms with Crippen molar-refractivity contribution in [2.24, 2.45) is 7.05 Å².